The molecule has 30 heavy (non-hydrogen) atoms. The van der Waals surface area contributed by atoms with E-state index in [-0.39, 0.29) is 23.8 Å². The fraction of sp³-hybridized carbons (Fsp3) is 0.190. The standard InChI is InChI=1S/C21H18ClN3O4S/c1-2-7-25-20(27)15-10-13(22)3-5-16(15)24-21(25)30-12-19(26)23-14-4-6-17-18(11-14)29-9-8-28-17/h2-6,10-11H,1,7-9,12H2,(H,23,26). The molecule has 9 heteroatoms. The van der Waals surface area contributed by atoms with Crippen LogP contribution in [0.4, 0.5) is 5.69 Å². The van der Waals surface area contributed by atoms with Gasteiger partial charge in [-0.05, 0) is 30.3 Å². The first kappa shape index (κ1) is 20.3. The lowest BCUT2D eigenvalue weighted by Crippen LogP contribution is -2.24. The van der Waals surface area contributed by atoms with Crippen LogP contribution in [0.2, 0.25) is 5.02 Å². The third-order valence-electron chi connectivity index (χ3n) is 4.35. The second-order valence-corrected chi connectivity index (χ2v) is 7.83. The summed E-state index contributed by atoms with van der Waals surface area (Å²) in [4.78, 5) is 29.8. The maximum absolute atomic E-state index is 12.8. The normalized spacial score (nSPS) is 12.6. The Kier molecular flexibility index (Phi) is 5.96. The highest BCUT2D eigenvalue weighted by Crippen LogP contribution is 2.32. The van der Waals surface area contributed by atoms with Crippen molar-refractivity contribution in [3.63, 3.8) is 0 Å². The highest BCUT2D eigenvalue weighted by molar-refractivity contribution is 7.99. The van der Waals surface area contributed by atoms with Crippen molar-refractivity contribution >= 4 is 45.9 Å². The van der Waals surface area contributed by atoms with Gasteiger partial charge in [0.2, 0.25) is 5.91 Å². The van der Waals surface area contributed by atoms with Gasteiger partial charge in [-0.25, -0.2) is 4.98 Å². The van der Waals surface area contributed by atoms with E-state index in [1.165, 1.54) is 16.3 Å². The highest BCUT2D eigenvalue weighted by Gasteiger charge is 2.15. The van der Waals surface area contributed by atoms with Crippen LogP contribution in [0, 0.1) is 0 Å². The quantitative estimate of drug-likeness (QED) is 0.355. The maximum Gasteiger partial charge on any atom is 0.262 e. The zero-order chi connectivity index (χ0) is 21.1. The van der Waals surface area contributed by atoms with Gasteiger partial charge in [-0.15, -0.1) is 6.58 Å². The van der Waals surface area contributed by atoms with Crippen LogP contribution in [0.5, 0.6) is 11.5 Å². The molecule has 0 bridgehead atoms. The minimum atomic E-state index is -0.229. The van der Waals surface area contributed by atoms with Gasteiger partial charge in [0.05, 0.1) is 16.7 Å². The summed E-state index contributed by atoms with van der Waals surface area (Å²) in [6.45, 7) is 4.95. The van der Waals surface area contributed by atoms with Gasteiger partial charge >= 0.3 is 0 Å². The van der Waals surface area contributed by atoms with Crippen molar-refractivity contribution in [2.75, 3.05) is 24.3 Å². The van der Waals surface area contributed by atoms with E-state index in [0.717, 1.165) is 0 Å². The fourth-order valence-electron chi connectivity index (χ4n) is 3.02. The number of carbonyl (C=O) groups excluding carboxylic acids is 1. The molecular weight excluding hydrogens is 426 g/mol. The van der Waals surface area contributed by atoms with E-state index in [2.05, 4.69) is 16.9 Å². The number of halogens is 1. The molecule has 0 aliphatic carbocycles. The van der Waals surface area contributed by atoms with Gasteiger partial charge in [0.15, 0.2) is 16.7 Å². The molecule has 1 amide bonds. The third-order valence-corrected chi connectivity index (χ3v) is 5.56. The smallest absolute Gasteiger partial charge is 0.262 e. The number of thioether (sulfide) groups is 1. The molecular formula is C21H18ClN3O4S. The summed E-state index contributed by atoms with van der Waals surface area (Å²) in [5.41, 5.74) is 0.908. The van der Waals surface area contributed by atoms with E-state index in [1.54, 1.807) is 42.5 Å². The number of nitrogens with zero attached hydrogens (tertiary/aromatic N) is 2. The van der Waals surface area contributed by atoms with Crippen molar-refractivity contribution < 1.29 is 14.3 Å². The van der Waals surface area contributed by atoms with Crippen LogP contribution in [0.3, 0.4) is 0 Å². The number of ether oxygens (including phenoxy) is 2. The molecule has 0 radical (unpaired) electrons. The summed E-state index contributed by atoms with van der Waals surface area (Å²) in [7, 11) is 0. The number of benzene rings is 2. The molecule has 3 aromatic rings. The number of amides is 1. The molecule has 2 heterocycles. The molecule has 154 valence electrons. The Balaban J connectivity index is 1.52. The Labute approximate surface area is 181 Å². The van der Waals surface area contributed by atoms with Crippen molar-refractivity contribution in [1.82, 2.24) is 9.55 Å². The van der Waals surface area contributed by atoms with Crippen LogP contribution in [0.25, 0.3) is 10.9 Å². The second kappa shape index (κ2) is 8.81. The number of allylic oxidation sites excluding steroid dienone is 1. The SMILES string of the molecule is C=CCn1c(SCC(=O)Nc2ccc3c(c2)OCCO3)nc2ccc(Cl)cc2c1=O. The lowest BCUT2D eigenvalue weighted by molar-refractivity contribution is -0.113. The molecule has 1 aliphatic heterocycles. The number of hydrogen-bond acceptors (Lipinski definition) is 6. The summed E-state index contributed by atoms with van der Waals surface area (Å²) in [5.74, 6) is 1.10. The van der Waals surface area contributed by atoms with E-state index >= 15 is 0 Å². The van der Waals surface area contributed by atoms with Gasteiger partial charge in [0.25, 0.3) is 5.56 Å². The summed E-state index contributed by atoms with van der Waals surface area (Å²) in [5, 5.41) is 4.15. The number of anilines is 1. The van der Waals surface area contributed by atoms with Crippen molar-refractivity contribution in [1.29, 1.82) is 0 Å². The molecule has 0 fully saturated rings. The van der Waals surface area contributed by atoms with E-state index in [0.29, 0.717) is 51.5 Å². The summed E-state index contributed by atoms with van der Waals surface area (Å²) >= 11 is 7.19. The molecule has 2 aromatic carbocycles. The number of carbonyl (C=O) groups is 1. The second-order valence-electron chi connectivity index (χ2n) is 6.46. The third kappa shape index (κ3) is 4.29. The summed E-state index contributed by atoms with van der Waals surface area (Å²) in [6.07, 6.45) is 1.61. The minimum absolute atomic E-state index is 0.0805. The monoisotopic (exact) mass is 443 g/mol. The fourth-order valence-corrected chi connectivity index (χ4v) is 4.00. The molecule has 0 unspecified atom stereocenters. The molecule has 0 saturated heterocycles. The molecule has 1 N–H and O–H groups in total. The van der Waals surface area contributed by atoms with E-state index in [4.69, 9.17) is 21.1 Å². The first-order valence-electron chi connectivity index (χ1n) is 9.18. The van der Waals surface area contributed by atoms with E-state index < -0.39 is 0 Å². The van der Waals surface area contributed by atoms with Gasteiger partial charge in [-0.3, -0.25) is 14.2 Å². The Bertz CT molecular complexity index is 1190. The predicted molar refractivity (Wildman–Crippen MR) is 118 cm³/mol. The molecule has 1 aromatic heterocycles. The first-order valence-corrected chi connectivity index (χ1v) is 10.5. The molecule has 1 aliphatic rings. The zero-order valence-corrected chi connectivity index (χ0v) is 17.5. The summed E-state index contributed by atoms with van der Waals surface area (Å²) < 4.78 is 12.5. The van der Waals surface area contributed by atoms with Crippen LogP contribution in [-0.4, -0.2) is 34.4 Å². The maximum atomic E-state index is 12.8. The first-order chi connectivity index (χ1) is 14.5. The van der Waals surface area contributed by atoms with Crippen molar-refractivity contribution in [2.45, 2.75) is 11.7 Å². The van der Waals surface area contributed by atoms with Gasteiger partial charge in [0, 0.05) is 23.3 Å². The Hall–Kier alpha value is -2.97. The van der Waals surface area contributed by atoms with Gasteiger partial charge in [-0.2, -0.15) is 0 Å². The molecule has 4 rings (SSSR count). The van der Waals surface area contributed by atoms with Gasteiger partial charge in [0.1, 0.15) is 13.2 Å². The average molecular weight is 444 g/mol. The zero-order valence-electron chi connectivity index (χ0n) is 15.9. The van der Waals surface area contributed by atoms with Gasteiger partial charge in [-0.1, -0.05) is 29.4 Å². The molecule has 0 saturated carbocycles. The minimum Gasteiger partial charge on any atom is -0.486 e. The lowest BCUT2D eigenvalue weighted by atomic mass is 10.2. The lowest BCUT2D eigenvalue weighted by Gasteiger charge is -2.19. The highest BCUT2D eigenvalue weighted by atomic mass is 35.5. The van der Waals surface area contributed by atoms with E-state index in [1.807, 2.05) is 0 Å². The van der Waals surface area contributed by atoms with Crippen LogP contribution >= 0.6 is 23.4 Å². The largest absolute Gasteiger partial charge is 0.486 e. The number of rotatable bonds is 6. The number of fused-ring (bicyclic) bond motifs is 2. The topological polar surface area (TPSA) is 82.5 Å². The van der Waals surface area contributed by atoms with Crippen LogP contribution in [-0.2, 0) is 11.3 Å². The number of hydrogen-bond donors (Lipinski definition) is 1. The van der Waals surface area contributed by atoms with E-state index in [9.17, 15) is 9.59 Å². The molecule has 7 nitrogen and oxygen atoms in total. The molecule has 0 atom stereocenters. The van der Waals surface area contributed by atoms with Crippen LogP contribution < -0.4 is 20.3 Å². The molecule has 0 spiro atoms. The van der Waals surface area contributed by atoms with Crippen molar-refractivity contribution in [3.05, 3.63) is 64.4 Å². The van der Waals surface area contributed by atoms with Gasteiger partial charge < -0.3 is 14.8 Å². The number of aromatic nitrogens is 2. The number of nitrogens with one attached hydrogen (secondary N) is 1. The van der Waals surface area contributed by atoms with Crippen LogP contribution in [0.15, 0.2) is 59.0 Å². The Morgan fingerprint density at radius 1 is 1.23 bits per heavy atom. The average Bonchev–Trinajstić information content (AvgIpc) is 2.75. The van der Waals surface area contributed by atoms with Crippen molar-refractivity contribution in [3.8, 4) is 11.5 Å². The summed E-state index contributed by atoms with van der Waals surface area (Å²) in [6, 6.07) is 10.2. The van der Waals surface area contributed by atoms with Crippen molar-refractivity contribution in [2.24, 2.45) is 0 Å². The predicted octanol–water partition coefficient (Wildman–Crippen LogP) is 3.74. The van der Waals surface area contributed by atoms with Crippen LogP contribution in [0.1, 0.15) is 0 Å². The Morgan fingerprint density at radius 2 is 2.03 bits per heavy atom. The Morgan fingerprint density at radius 3 is 2.83 bits per heavy atom.